The van der Waals surface area contributed by atoms with Gasteiger partial charge >= 0.3 is 29.6 Å². The van der Waals surface area contributed by atoms with Gasteiger partial charge < -0.3 is 15.0 Å². The number of phenols is 1. The molecule has 0 heterocycles. The summed E-state index contributed by atoms with van der Waals surface area (Å²) in [7, 11) is 0. The van der Waals surface area contributed by atoms with E-state index < -0.39 is 11.8 Å². The van der Waals surface area contributed by atoms with Crippen LogP contribution in [0.25, 0.3) is 0 Å². The number of phenolic OH excluding ortho intramolecular Hbond substituents is 1. The molecule has 0 aliphatic heterocycles. The molecule has 1 N–H and O–H groups in total. The average molecular weight is 358 g/mol. The van der Waals surface area contributed by atoms with E-state index in [0.717, 1.165) is 0 Å². The van der Waals surface area contributed by atoms with Crippen molar-refractivity contribution < 1.29 is 49.0 Å². The molecule has 24 heavy (non-hydrogen) atoms. The van der Waals surface area contributed by atoms with Crippen LogP contribution in [0, 0.1) is 5.82 Å². The molecule has 2 aromatic rings. The predicted octanol–water partition coefficient (Wildman–Crippen LogP) is -0.444. The summed E-state index contributed by atoms with van der Waals surface area (Å²) in [6.45, 7) is 0.156. The first-order valence-corrected chi connectivity index (χ1v) is 7.35. The van der Waals surface area contributed by atoms with Gasteiger partial charge in [0.15, 0.2) is 0 Å². The first-order chi connectivity index (χ1) is 11.0. The van der Waals surface area contributed by atoms with E-state index in [1.54, 1.807) is 12.1 Å². The molecule has 7 heteroatoms. The van der Waals surface area contributed by atoms with Crippen molar-refractivity contribution in [2.75, 3.05) is 6.54 Å². The Hall–Kier alpha value is -1.40. The number of aliphatic imine (C=N–C) groups is 1. The molecule has 0 amide bonds. The minimum Gasteiger partial charge on any atom is -0.550 e. The number of carboxylic acids is 1. The van der Waals surface area contributed by atoms with E-state index >= 15 is 0 Å². The normalized spacial score (nSPS) is 11.0. The molecule has 0 fully saturated rings. The van der Waals surface area contributed by atoms with Crippen LogP contribution in [-0.4, -0.2) is 23.3 Å². The van der Waals surface area contributed by atoms with Crippen LogP contribution < -0.4 is 34.7 Å². The van der Waals surface area contributed by atoms with Crippen molar-refractivity contribution in [3.63, 3.8) is 0 Å². The van der Waals surface area contributed by atoms with Crippen molar-refractivity contribution in [1.82, 2.24) is 0 Å². The van der Waals surface area contributed by atoms with Gasteiger partial charge in [-0.25, -0.2) is 4.39 Å². The number of carbonyl (C=O) groups is 1. The largest absolute Gasteiger partial charge is 1.00 e. The maximum atomic E-state index is 14.1. The van der Waals surface area contributed by atoms with E-state index in [-0.39, 0.29) is 71.5 Å². The number of halogens is 2. The van der Waals surface area contributed by atoms with Crippen LogP contribution in [-0.2, 0) is 4.79 Å². The minimum absolute atomic E-state index is 0. The Morgan fingerprint density at radius 1 is 1.21 bits per heavy atom. The second-order valence-electron chi connectivity index (χ2n) is 4.85. The zero-order chi connectivity index (χ0) is 16.8. The molecule has 0 saturated carbocycles. The van der Waals surface area contributed by atoms with Gasteiger partial charge in [0.1, 0.15) is 11.6 Å². The van der Waals surface area contributed by atoms with Gasteiger partial charge in [-0.1, -0.05) is 23.7 Å². The molecule has 0 unspecified atom stereocenters. The fourth-order valence-corrected chi connectivity index (χ4v) is 2.25. The number of hydrogen-bond donors (Lipinski definition) is 1. The maximum absolute atomic E-state index is 14.1. The SMILES string of the molecule is O=C([O-])CCCN=C(c1cc(Cl)ccc1O)c1ccccc1F.[Na+]. The molecule has 0 bridgehead atoms. The Morgan fingerprint density at radius 3 is 2.58 bits per heavy atom. The molecule has 0 atom stereocenters. The van der Waals surface area contributed by atoms with E-state index in [4.69, 9.17) is 11.6 Å². The molecule has 0 aromatic heterocycles. The zero-order valence-electron chi connectivity index (χ0n) is 13.1. The molecule has 4 nitrogen and oxygen atoms in total. The number of carboxylic acid groups (broad SMARTS) is 1. The molecule has 0 aliphatic rings. The van der Waals surface area contributed by atoms with Crippen LogP contribution in [0.2, 0.25) is 5.02 Å². The second-order valence-corrected chi connectivity index (χ2v) is 5.28. The van der Waals surface area contributed by atoms with Crippen LogP contribution >= 0.6 is 11.6 Å². The zero-order valence-corrected chi connectivity index (χ0v) is 15.9. The molecule has 0 radical (unpaired) electrons. The Bertz CT molecular complexity index is 752. The summed E-state index contributed by atoms with van der Waals surface area (Å²) in [5.74, 6) is -1.75. The monoisotopic (exact) mass is 357 g/mol. The summed E-state index contributed by atoms with van der Waals surface area (Å²) in [4.78, 5) is 14.7. The molecular weight excluding hydrogens is 344 g/mol. The Balaban J connectivity index is 0.00000288. The number of hydrogen-bond acceptors (Lipinski definition) is 4. The molecule has 0 aliphatic carbocycles. The Kier molecular flexibility index (Phi) is 8.42. The summed E-state index contributed by atoms with van der Waals surface area (Å²) in [5.41, 5.74) is 0.719. The number of rotatable bonds is 6. The third-order valence-corrected chi connectivity index (χ3v) is 3.39. The van der Waals surface area contributed by atoms with Crippen molar-refractivity contribution in [2.45, 2.75) is 12.8 Å². The predicted molar refractivity (Wildman–Crippen MR) is 84.3 cm³/mol. The van der Waals surface area contributed by atoms with Crippen LogP contribution in [0.5, 0.6) is 5.75 Å². The van der Waals surface area contributed by atoms with E-state index in [2.05, 4.69) is 4.99 Å². The number of benzene rings is 2. The second kappa shape index (κ2) is 9.79. The first-order valence-electron chi connectivity index (χ1n) is 6.97. The van der Waals surface area contributed by atoms with Crippen LogP contribution in [0.3, 0.4) is 0 Å². The smallest absolute Gasteiger partial charge is 0.550 e. The molecule has 120 valence electrons. The van der Waals surface area contributed by atoms with Crippen LogP contribution in [0.4, 0.5) is 4.39 Å². The van der Waals surface area contributed by atoms with Crippen LogP contribution in [0.15, 0.2) is 47.5 Å². The van der Waals surface area contributed by atoms with Crippen molar-refractivity contribution in [1.29, 1.82) is 0 Å². The number of aliphatic carboxylic acids is 1. The maximum Gasteiger partial charge on any atom is 1.00 e. The van der Waals surface area contributed by atoms with Gasteiger partial charge in [-0.05, 0) is 43.2 Å². The summed E-state index contributed by atoms with van der Waals surface area (Å²) in [6.07, 6.45) is 0.108. The third kappa shape index (κ3) is 5.60. The quantitative estimate of drug-likeness (QED) is 0.433. The topological polar surface area (TPSA) is 72.7 Å². The Morgan fingerprint density at radius 2 is 1.92 bits per heavy atom. The molecule has 2 aromatic carbocycles. The summed E-state index contributed by atoms with van der Waals surface area (Å²) >= 11 is 5.95. The fraction of sp³-hybridized carbons (Fsp3) is 0.176. The van der Waals surface area contributed by atoms with Gasteiger partial charge in [0, 0.05) is 28.7 Å². The molecular formula is C17H14ClFNNaO3. The van der Waals surface area contributed by atoms with E-state index in [1.807, 2.05) is 0 Å². The van der Waals surface area contributed by atoms with Crippen molar-refractivity contribution in [3.8, 4) is 5.75 Å². The van der Waals surface area contributed by atoms with E-state index in [1.165, 1.54) is 30.3 Å². The summed E-state index contributed by atoms with van der Waals surface area (Å²) in [5, 5.41) is 20.9. The molecule has 2 rings (SSSR count). The van der Waals surface area contributed by atoms with Gasteiger partial charge in [-0.2, -0.15) is 0 Å². The minimum atomic E-state index is -1.17. The first kappa shape index (κ1) is 20.6. The summed E-state index contributed by atoms with van der Waals surface area (Å²) < 4.78 is 14.1. The van der Waals surface area contributed by atoms with Gasteiger partial charge in [0.25, 0.3) is 0 Å². The molecule has 0 saturated heterocycles. The number of nitrogens with zero attached hydrogens (tertiary/aromatic N) is 1. The van der Waals surface area contributed by atoms with Crippen molar-refractivity contribution in [2.24, 2.45) is 4.99 Å². The van der Waals surface area contributed by atoms with Gasteiger partial charge in [-0.15, -0.1) is 0 Å². The van der Waals surface area contributed by atoms with Gasteiger partial charge in [0.05, 0.1) is 5.71 Å². The van der Waals surface area contributed by atoms with Gasteiger partial charge in [-0.3, -0.25) is 4.99 Å². The van der Waals surface area contributed by atoms with E-state index in [9.17, 15) is 19.4 Å². The number of aromatic hydroxyl groups is 1. The molecule has 0 spiro atoms. The fourth-order valence-electron chi connectivity index (χ4n) is 2.08. The van der Waals surface area contributed by atoms with E-state index in [0.29, 0.717) is 5.02 Å². The standard InChI is InChI=1S/C17H15ClFNO3.Na/c18-11-7-8-15(21)13(10-11)17(20-9-3-6-16(22)23)12-4-1-2-5-14(12)19;/h1-2,4-5,7-8,10,21H,3,6,9H2,(H,22,23);/q;+1/p-1. The Labute approximate surface area is 166 Å². The average Bonchev–Trinajstić information content (AvgIpc) is 2.51. The third-order valence-electron chi connectivity index (χ3n) is 3.15. The summed E-state index contributed by atoms with van der Waals surface area (Å²) in [6, 6.07) is 10.4. The van der Waals surface area contributed by atoms with Gasteiger partial charge in [0.2, 0.25) is 0 Å². The van der Waals surface area contributed by atoms with Crippen molar-refractivity contribution >= 4 is 23.3 Å². The number of carbonyl (C=O) groups excluding carboxylic acids is 1. The van der Waals surface area contributed by atoms with Crippen LogP contribution in [0.1, 0.15) is 24.0 Å². The van der Waals surface area contributed by atoms with Crippen molar-refractivity contribution in [3.05, 3.63) is 64.4 Å².